The zero-order chi connectivity index (χ0) is 47.4. The lowest BCUT2D eigenvalue weighted by Crippen LogP contribution is -2.67. The van der Waals surface area contributed by atoms with E-state index >= 15 is 0 Å². The number of aliphatic hydroxyl groups excluding tert-OH is 11. The maximum Gasteiger partial charge on any atom is 0.315 e. The normalized spacial score (nSPS) is 54.3. The standard InChI is InChI=1S/C47H76O18/c1-42(2)13-15-47(41(59)65-40-37(58)34(55)32(53)26(63-40)20-61-38-36(57)33(54)31(52)25(18-48)62-38)16-14-45(5)22(23(47)17-42)7-8-28-43(3)11-10-29(64-39-35(56)30(51)24(50)19-60-39)44(4,21-49)27(43)9-12-46(28,45)6/h7,23-40,48-58H,8-21H2,1-6H3. The Morgan fingerprint density at radius 2 is 1.32 bits per heavy atom. The van der Waals surface area contributed by atoms with Gasteiger partial charge in [-0.3, -0.25) is 4.79 Å². The third kappa shape index (κ3) is 7.89. The Bertz CT molecular complexity index is 1760. The zero-order valence-corrected chi connectivity index (χ0v) is 38.6. The predicted octanol–water partition coefficient (Wildman–Crippen LogP) is -0.248. The molecular weight excluding hydrogens is 852 g/mol. The number of hydrogen-bond donors (Lipinski definition) is 11. The van der Waals surface area contributed by atoms with Gasteiger partial charge >= 0.3 is 5.97 Å². The summed E-state index contributed by atoms with van der Waals surface area (Å²) in [6, 6.07) is 0. The zero-order valence-electron chi connectivity index (χ0n) is 38.6. The number of carbonyl (C=O) groups is 1. The smallest absolute Gasteiger partial charge is 0.315 e. The fourth-order valence-corrected chi connectivity index (χ4v) is 14.7. The Labute approximate surface area is 380 Å². The third-order valence-corrected chi connectivity index (χ3v) is 19.0. The summed E-state index contributed by atoms with van der Waals surface area (Å²) in [4.78, 5) is 14.9. The second kappa shape index (κ2) is 17.8. The van der Waals surface area contributed by atoms with Crippen molar-refractivity contribution in [3.8, 4) is 0 Å². The van der Waals surface area contributed by atoms with E-state index < -0.39 is 122 Å². The molecule has 3 saturated heterocycles. The summed E-state index contributed by atoms with van der Waals surface area (Å²) in [7, 11) is 0. The van der Waals surface area contributed by atoms with Gasteiger partial charge in [-0.05, 0) is 104 Å². The Morgan fingerprint density at radius 1 is 0.692 bits per heavy atom. The first-order valence-corrected chi connectivity index (χ1v) is 23.9. The van der Waals surface area contributed by atoms with Gasteiger partial charge in [-0.25, -0.2) is 0 Å². The molecule has 3 heterocycles. The number of allylic oxidation sites excluding steroid dienone is 2. The maximum absolute atomic E-state index is 14.9. The van der Waals surface area contributed by atoms with Crippen LogP contribution in [0.4, 0.5) is 0 Å². The molecule has 8 rings (SSSR count). The molecule has 0 aromatic heterocycles. The van der Waals surface area contributed by atoms with Gasteiger partial charge in [-0.15, -0.1) is 0 Å². The number of aliphatic hydroxyl groups is 11. The van der Waals surface area contributed by atoms with Crippen LogP contribution in [0.15, 0.2) is 11.6 Å². The molecule has 0 amide bonds. The average Bonchev–Trinajstić information content (AvgIpc) is 3.26. The summed E-state index contributed by atoms with van der Waals surface area (Å²) < 4.78 is 35.2. The van der Waals surface area contributed by atoms with Crippen molar-refractivity contribution in [2.45, 2.75) is 198 Å². The lowest BCUT2D eigenvalue weighted by Gasteiger charge is -2.71. The molecule has 4 saturated carbocycles. The van der Waals surface area contributed by atoms with E-state index in [0.29, 0.717) is 25.7 Å². The first-order chi connectivity index (χ1) is 30.4. The van der Waals surface area contributed by atoms with E-state index in [0.717, 1.165) is 38.5 Å². The van der Waals surface area contributed by atoms with Gasteiger partial charge in [0.25, 0.3) is 0 Å². The van der Waals surface area contributed by atoms with E-state index in [1.54, 1.807) is 0 Å². The number of hydrogen-bond acceptors (Lipinski definition) is 18. The molecule has 65 heavy (non-hydrogen) atoms. The summed E-state index contributed by atoms with van der Waals surface area (Å²) in [6.45, 7) is 12.1. The third-order valence-electron chi connectivity index (χ3n) is 19.0. The van der Waals surface area contributed by atoms with Crippen molar-refractivity contribution in [1.29, 1.82) is 0 Å². The number of esters is 1. The Balaban J connectivity index is 1.02. The van der Waals surface area contributed by atoms with E-state index in [1.807, 2.05) is 0 Å². The van der Waals surface area contributed by atoms with Gasteiger partial charge in [0.1, 0.15) is 67.1 Å². The molecule has 0 bridgehead atoms. The minimum absolute atomic E-state index is 0.0557. The van der Waals surface area contributed by atoms with Gasteiger partial charge in [0.15, 0.2) is 12.6 Å². The number of rotatable bonds is 9. The Morgan fingerprint density at radius 3 is 2.00 bits per heavy atom. The second-order valence-electron chi connectivity index (χ2n) is 22.9. The first kappa shape index (κ1) is 50.0. The molecule has 0 radical (unpaired) electrons. The summed E-state index contributed by atoms with van der Waals surface area (Å²) in [5, 5.41) is 116. The van der Waals surface area contributed by atoms with Crippen molar-refractivity contribution < 1.29 is 89.4 Å². The van der Waals surface area contributed by atoms with Crippen molar-refractivity contribution in [1.82, 2.24) is 0 Å². The first-order valence-electron chi connectivity index (χ1n) is 23.9. The molecule has 11 N–H and O–H groups in total. The van der Waals surface area contributed by atoms with Gasteiger partial charge in [-0.2, -0.15) is 0 Å². The lowest BCUT2D eigenvalue weighted by molar-refractivity contribution is -0.328. The highest BCUT2D eigenvalue weighted by Crippen LogP contribution is 2.76. The quantitative estimate of drug-likeness (QED) is 0.0808. The monoisotopic (exact) mass is 929 g/mol. The molecule has 0 aromatic carbocycles. The van der Waals surface area contributed by atoms with Crippen LogP contribution in [0.25, 0.3) is 0 Å². The van der Waals surface area contributed by atoms with Crippen LogP contribution in [-0.2, 0) is 33.2 Å². The summed E-state index contributed by atoms with van der Waals surface area (Å²) in [5.74, 6) is -0.485. The Hall–Kier alpha value is -1.43. The SMILES string of the molecule is CC1(C)CCC2(C(=O)OC3OC(COC4OC(CO)C(O)C(O)C4O)C(O)C(O)C3O)CCC3(C)C(=CCC4C5(C)CCC(OC6OCC(O)C(O)C6O)C(C)(CO)C5CCC43C)C2C1. The molecule has 18 heteroatoms. The Kier molecular flexibility index (Phi) is 13.7. The van der Waals surface area contributed by atoms with Gasteiger partial charge in [-0.1, -0.05) is 53.2 Å². The lowest BCUT2D eigenvalue weighted by atomic mass is 9.33. The van der Waals surface area contributed by atoms with Gasteiger partial charge in [0, 0.05) is 5.41 Å². The highest BCUT2D eigenvalue weighted by Gasteiger charge is 2.70. The van der Waals surface area contributed by atoms with Crippen molar-refractivity contribution in [2.75, 3.05) is 26.4 Å². The minimum atomic E-state index is -1.81. The van der Waals surface area contributed by atoms with Crippen molar-refractivity contribution in [2.24, 2.45) is 50.2 Å². The number of ether oxygens (including phenoxy) is 6. The van der Waals surface area contributed by atoms with Crippen LogP contribution in [0.5, 0.6) is 0 Å². The summed E-state index contributed by atoms with van der Waals surface area (Å²) in [5.41, 5.74) is -1.23. The summed E-state index contributed by atoms with van der Waals surface area (Å²) >= 11 is 0. The van der Waals surface area contributed by atoms with Crippen LogP contribution in [0.1, 0.15) is 106 Å². The number of carbonyl (C=O) groups excluding carboxylic acids is 1. The van der Waals surface area contributed by atoms with Crippen LogP contribution in [0, 0.1) is 50.2 Å². The average molecular weight is 929 g/mol. The van der Waals surface area contributed by atoms with Crippen LogP contribution in [-0.4, -0.2) is 181 Å². The van der Waals surface area contributed by atoms with Crippen LogP contribution in [0.3, 0.4) is 0 Å². The van der Waals surface area contributed by atoms with Gasteiger partial charge in [0.05, 0.1) is 37.9 Å². The molecule has 372 valence electrons. The van der Waals surface area contributed by atoms with Crippen molar-refractivity contribution in [3.63, 3.8) is 0 Å². The molecule has 3 aliphatic heterocycles. The largest absolute Gasteiger partial charge is 0.432 e. The molecule has 0 spiro atoms. The maximum atomic E-state index is 14.9. The van der Waals surface area contributed by atoms with Gasteiger partial charge in [0.2, 0.25) is 6.29 Å². The van der Waals surface area contributed by atoms with E-state index in [-0.39, 0.29) is 52.6 Å². The molecule has 0 aromatic rings. The fraction of sp³-hybridized carbons (Fsp3) is 0.936. The number of fused-ring (bicyclic) bond motifs is 7. The molecular formula is C47H76O18. The van der Waals surface area contributed by atoms with Crippen LogP contribution in [0.2, 0.25) is 0 Å². The molecule has 8 aliphatic rings. The fourth-order valence-electron chi connectivity index (χ4n) is 14.7. The predicted molar refractivity (Wildman–Crippen MR) is 226 cm³/mol. The highest BCUT2D eigenvalue weighted by molar-refractivity contribution is 5.79. The molecule has 23 unspecified atom stereocenters. The minimum Gasteiger partial charge on any atom is -0.432 e. The molecule has 5 aliphatic carbocycles. The van der Waals surface area contributed by atoms with Crippen LogP contribution >= 0.6 is 0 Å². The van der Waals surface area contributed by atoms with E-state index in [9.17, 15) is 61.0 Å². The van der Waals surface area contributed by atoms with E-state index in [2.05, 4.69) is 47.6 Å². The van der Waals surface area contributed by atoms with Crippen molar-refractivity contribution in [3.05, 3.63) is 11.6 Å². The van der Waals surface area contributed by atoms with Crippen LogP contribution < -0.4 is 0 Å². The highest BCUT2D eigenvalue weighted by atomic mass is 16.7. The second-order valence-corrected chi connectivity index (χ2v) is 22.9. The van der Waals surface area contributed by atoms with E-state index in [4.69, 9.17) is 28.4 Å². The molecule has 23 atom stereocenters. The van der Waals surface area contributed by atoms with Gasteiger partial charge < -0.3 is 84.6 Å². The van der Waals surface area contributed by atoms with Crippen molar-refractivity contribution >= 4 is 5.97 Å². The van der Waals surface area contributed by atoms with E-state index in [1.165, 1.54) is 5.57 Å². The molecule has 18 nitrogen and oxygen atoms in total. The molecule has 7 fully saturated rings. The summed E-state index contributed by atoms with van der Waals surface area (Å²) in [6.07, 6.45) is -12.5. The topological polar surface area (TPSA) is 295 Å².